The fourth-order valence-electron chi connectivity index (χ4n) is 1.75. The summed E-state index contributed by atoms with van der Waals surface area (Å²) in [6.07, 6.45) is -4.65. The standard InChI is InChI=1S/C14H15F3N2O2/c1-3-19(4-2)13(20)9-21-12-6-5-10(8-18)7-11(12)14(15,16)17/h5-7H,3-4,9H2,1-2H3. The number of benzene rings is 1. The lowest BCUT2D eigenvalue weighted by atomic mass is 10.1. The average Bonchev–Trinajstić information content (AvgIpc) is 2.45. The minimum Gasteiger partial charge on any atom is -0.483 e. The van der Waals surface area contributed by atoms with E-state index in [0.29, 0.717) is 19.2 Å². The molecule has 0 N–H and O–H groups in total. The molecule has 1 aromatic carbocycles. The molecule has 7 heteroatoms. The third-order valence-electron chi connectivity index (χ3n) is 2.88. The normalized spacial score (nSPS) is 10.9. The lowest BCUT2D eigenvalue weighted by Crippen LogP contribution is -2.34. The van der Waals surface area contributed by atoms with Crippen molar-refractivity contribution in [2.75, 3.05) is 19.7 Å². The summed E-state index contributed by atoms with van der Waals surface area (Å²) >= 11 is 0. The summed E-state index contributed by atoms with van der Waals surface area (Å²) in [6, 6.07) is 4.61. The predicted octanol–water partition coefficient (Wildman–Crippen LogP) is 2.82. The first-order chi connectivity index (χ1) is 9.83. The second-order valence-corrected chi connectivity index (χ2v) is 4.18. The Kier molecular flexibility index (Phi) is 5.59. The van der Waals surface area contributed by atoms with E-state index in [9.17, 15) is 18.0 Å². The summed E-state index contributed by atoms with van der Waals surface area (Å²) in [6.45, 7) is 3.97. The molecule has 0 saturated carbocycles. The van der Waals surface area contributed by atoms with Crippen molar-refractivity contribution in [3.05, 3.63) is 29.3 Å². The molecular formula is C14H15F3N2O2. The van der Waals surface area contributed by atoms with Gasteiger partial charge in [-0.2, -0.15) is 18.4 Å². The number of carbonyl (C=O) groups is 1. The van der Waals surface area contributed by atoms with Gasteiger partial charge in [0.05, 0.1) is 17.2 Å². The largest absolute Gasteiger partial charge is 0.483 e. The summed E-state index contributed by atoms with van der Waals surface area (Å²) < 4.78 is 43.7. The summed E-state index contributed by atoms with van der Waals surface area (Å²) in [4.78, 5) is 13.2. The Morgan fingerprint density at radius 2 is 1.95 bits per heavy atom. The fraction of sp³-hybridized carbons (Fsp3) is 0.429. The Labute approximate surface area is 120 Å². The van der Waals surface area contributed by atoms with Crippen LogP contribution in [0.2, 0.25) is 0 Å². The lowest BCUT2D eigenvalue weighted by Gasteiger charge is -2.20. The molecule has 0 aliphatic heterocycles. The Bertz CT molecular complexity index is 546. The predicted molar refractivity (Wildman–Crippen MR) is 69.6 cm³/mol. The van der Waals surface area contributed by atoms with E-state index in [1.807, 2.05) is 0 Å². The highest BCUT2D eigenvalue weighted by Gasteiger charge is 2.35. The minimum atomic E-state index is -4.65. The maximum Gasteiger partial charge on any atom is 0.420 e. The SMILES string of the molecule is CCN(CC)C(=O)COc1ccc(C#N)cc1C(F)(F)F. The first-order valence-electron chi connectivity index (χ1n) is 6.35. The average molecular weight is 300 g/mol. The van der Waals surface area contributed by atoms with Gasteiger partial charge in [-0.3, -0.25) is 4.79 Å². The van der Waals surface area contributed by atoms with Crippen LogP contribution in [0.4, 0.5) is 13.2 Å². The quantitative estimate of drug-likeness (QED) is 0.840. The Hall–Kier alpha value is -2.23. The highest BCUT2D eigenvalue weighted by atomic mass is 19.4. The van der Waals surface area contributed by atoms with E-state index in [1.54, 1.807) is 19.9 Å². The topological polar surface area (TPSA) is 53.3 Å². The van der Waals surface area contributed by atoms with E-state index in [-0.39, 0.29) is 5.56 Å². The molecule has 0 unspecified atom stereocenters. The zero-order valence-corrected chi connectivity index (χ0v) is 11.7. The van der Waals surface area contributed by atoms with Crippen LogP contribution in [0.25, 0.3) is 0 Å². The number of likely N-dealkylation sites (N-methyl/N-ethyl adjacent to an activating group) is 1. The molecule has 1 aromatic rings. The number of ether oxygens (including phenoxy) is 1. The summed E-state index contributed by atoms with van der Waals surface area (Å²) in [5.74, 6) is -0.848. The van der Waals surface area contributed by atoms with Gasteiger partial charge in [-0.25, -0.2) is 0 Å². The number of nitriles is 1. The van der Waals surface area contributed by atoms with Crippen molar-refractivity contribution in [3.8, 4) is 11.8 Å². The second kappa shape index (κ2) is 6.97. The molecule has 0 heterocycles. The lowest BCUT2D eigenvalue weighted by molar-refractivity contribution is -0.141. The number of amides is 1. The number of carbonyl (C=O) groups excluding carboxylic acids is 1. The van der Waals surface area contributed by atoms with Gasteiger partial charge >= 0.3 is 6.18 Å². The van der Waals surface area contributed by atoms with Crippen LogP contribution in [0, 0.1) is 11.3 Å². The maximum absolute atomic E-state index is 12.9. The van der Waals surface area contributed by atoms with E-state index in [1.165, 1.54) is 11.0 Å². The van der Waals surface area contributed by atoms with Crippen molar-refractivity contribution in [2.45, 2.75) is 20.0 Å². The van der Waals surface area contributed by atoms with E-state index in [4.69, 9.17) is 10.00 Å². The van der Waals surface area contributed by atoms with Gasteiger partial charge in [0.25, 0.3) is 5.91 Å². The smallest absolute Gasteiger partial charge is 0.420 e. The minimum absolute atomic E-state index is 0.121. The molecule has 1 amide bonds. The summed E-state index contributed by atoms with van der Waals surface area (Å²) in [7, 11) is 0. The third kappa shape index (κ3) is 4.38. The molecule has 0 radical (unpaired) electrons. The van der Waals surface area contributed by atoms with Crippen molar-refractivity contribution in [1.29, 1.82) is 5.26 Å². The summed E-state index contributed by atoms with van der Waals surface area (Å²) in [5.41, 5.74) is -1.18. The van der Waals surface area contributed by atoms with Crippen LogP contribution >= 0.6 is 0 Å². The molecule has 0 atom stereocenters. The Morgan fingerprint density at radius 1 is 1.33 bits per heavy atom. The highest BCUT2D eigenvalue weighted by Crippen LogP contribution is 2.36. The molecule has 4 nitrogen and oxygen atoms in total. The van der Waals surface area contributed by atoms with Crippen molar-refractivity contribution in [1.82, 2.24) is 4.90 Å². The number of rotatable bonds is 5. The number of hydrogen-bond acceptors (Lipinski definition) is 3. The van der Waals surface area contributed by atoms with Gasteiger partial charge in [0.1, 0.15) is 5.75 Å². The monoisotopic (exact) mass is 300 g/mol. The van der Waals surface area contributed by atoms with E-state index < -0.39 is 30.0 Å². The number of alkyl halides is 3. The number of nitrogens with zero attached hydrogens (tertiary/aromatic N) is 2. The Morgan fingerprint density at radius 3 is 2.43 bits per heavy atom. The van der Waals surface area contributed by atoms with Gasteiger partial charge in [-0.1, -0.05) is 0 Å². The first-order valence-corrected chi connectivity index (χ1v) is 6.35. The van der Waals surface area contributed by atoms with Gasteiger partial charge in [0, 0.05) is 13.1 Å². The van der Waals surface area contributed by atoms with Gasteiger partial charge in [-0.05, 0) is 32.0 Å². The van der Waals surface area contributed by atoms with Crippen LogP contribution in [0.15, 0.2) is 18.2 Å². The molecule has 1 rings (SSSR count). The molecule has 21 heavy (non-hydrogen) atoms. The van der Waals surface area contributed by atoms with Crippen molar-refractivity contribution in [2.24, 2.45) is 0 Å². The second-order valence-electron chi connectivity index (χ2n) is 4.18. The van der Waals surface area contributed by atoms with Crippen molar-refractivity contribution < 1.29 is 22.7 Å². The zero-order valence-electron chi connectivity index (χ0n) is 11.7. The molecule has 0 aromatic heterocycles. The highest BCUT2D eigenvalue weighted by molar-refractivity contribution is 5.77. The van der Waals surface area contributed by atoms with E-state index in [2.05, 4.69) is 0 Å². The van der Waals surface area contributed by atoms with Crippen LogP contribution in [0.3, 0.4) is 0 Å². The molecule has 0 spiro atoms. The number of halogens is 3. The first kappa shape index (κ1) is 16.8. The fourth-order valence-corrected chi connectivity index (χ4v) is 1.75. The summed E-state index contributed by atoms with van der Waals surface area (Å²) in [5, 5.41) is 8.65. The van der Waals surface area contributed by atoms with Crippen LogP contribution in [0.1, 0.15) is 25.0 Å². The molecule has 114 valence electrons. The molecule has 0 bridgehead atoms. The van der Waals surface area contributed by atoms with Gasteiger partial charge in [0.2, 0.25) is 0 Å². The van der Waals surface area contributed by atoms with Crippen LogP contribution in [-0.2, 0) is 11.0 Å². The molecular weight excluding hydrogens is 285 g/mol. The van der Waals surface area contributed by atoms with Crippen molar-refractivity contribution >= 4 is 5.91 Å². The molecule has 0 aliphatic carbocycles. The molecule has 0 saturated heterocycles. The maximum atomic E-state index is 12.9. The van der Waals surface area contributed by atoms with Gasteiger partial charge in [0.15, 0.2) is 6.61 Å². The zero-order chi connectivity index (χ0) is 16.0. The van der Waals surface area contributed by atoms with Crippen molar-refractivity contribution in [3.63, 3.8) is 0 Å². The van der Waals surface area contributed by atoms with Crippen LogP contribution < -0.4 is 4.74 Å². The third-order valence-corrected chi connectivity index (χ3v) is 2.88. The van der Waals surface area contributed by atoms with Crippen LogP contribution in [0.5, 0.6) is 5.75 Å². The molecule has 0 fully saturated rings. The number of hydrogen-bond donors (Lipinski definition) is 0. The Balaban J connectivity index is 2.94. The van der Waals surface area contributed by atoms with Gasteiger partial charge < -0.3 is 9.64 Å². The van der Waals surface area contributed by atoms with Gasteiger partial charge in [-0.15, -0.1) is 0 Å². The molecule has 0 aliphatic rings. The van der Waals surface area contributed by atoms with Crippen LogP contribution in [-0.4, -0.2) is 30.5 Å². The van der Waals surface area contributed by atoms with E-state index >= 15 is 0 Å². The van der Waals surface area contributed by atoms with E-state index in [0.717, 1.165) is 6.07 Å².